The van der Waals surface area contributed by atoms with E-state index < -0.39 is 0 Å². The molecule has 0 unspecified atom stereocenters. The number of nitrogens with zero attached hydrogens (tertiary/aromatic N) is 4. The van der Waals surface area contributed by atoms with Crippen LogP contribution in [0.5, 0.6) is 5.75 Å². The van der Waals surface area contributed by atoms with Crippen LogP contribution in [-0.4, -0.2) is 52.1 Å². The number of hydrogen-bond acceptors (Lipinski definition) is 6. The average Bonchev–Trinajstić information content (AvgIpc) is 3.20. The Hall–Kier alpha value is -2.90. The van der Waals surface area contributed by atoms with E-state index >= 15 is 0 Å². The molecule has 1 aromatic carbocycles. The number of carbonyl (C=O) groups excluding carboxylic acids is 1. The minimum absolute atomic E-state index is 0.0364. The number of amides is 1. The third-order valence-corrected chi connectivity index (χ3v) is 3.98. The molecular weight excluding hydrogens is 310 g/mol. The molecule has 1 atom stereocenters. The maximum absolute atomic E-state index is 12.9. The lowest BCUT2D eigenvalue weighted by Gasteiger charge is -2.19. The summed E-state index contributed by atoms with van der Waals surface area (Å²) in [6.07, 6.45) is 0. The normalized spacial score (nSPS) is 12.3. The lowest BCUT2D eigenvalue weighted by atomic mass is 10.1. The van der Waals surface area contributed by atoms with Gasteiger partial charge in [-0.25, -0.2) is 0 Å². The van der Waals surface area contributed by atoms with Gasteiger partial charge in [-0.3, -0.25) is 4.79 Å². The predicted molar refractivity (Wildman–Crippen MR) is 87.1 cm³/mol. The molecule has 3 rings (SSSR count). The number of likely N-dealkylation sites (N-methyl/N-ethyl adjacent to an activating group) is 1. The molecule has 1 amide bonds. The standard InChI is InChI=1S/C16H19N5O3/c1-9(15-17-19-20-18-15)8-21(3)16(22)14-10(2)24-13-6-5-11(23-4)7-12(13)14/h5-7,9H,8H2,1-4H3,(H,17,18,19,20)/t9-/m1/s1. The van der Waals surface area contributed by atoms with Gasteiger partial charge in [0.1, 0.15) is 17.1 Å². The van der Waals surface area contributed by atoms with Crippen molar-refractivity contribution in [3.63, 3.8) is 0 Å². The molecule has 0 fully saturated rings. The Morgan fingerprint density at radius 2 is 2.25 bits per heavy atom. The second-order valence-electron chi connectivity index (χ2n) is 5.75. The summed E-state index contributed by atoms with van der Waals surface area (Å²) < 4.78 is 11.0. The van der Waals surface area contributed by atoms with Crippen molar-refractivity contribution in [1.82, 2.24) is 25.5 Å². The molecule has 0 saturated carbocycles. The molecule has 2 aromatic heterocycles. The first-order chi connectivity index (χ1) is 11.5. The molecule has 0 bridgehead atoms. The van der Waals surface area contributed by atoms with Crippen LogP contribution in [0.15, 0.2) is 22.6 Å². The average molecular weight is 329 g/mol. The quantitative estimate of drug-likeness (QED) is 0.770. The van der Waals surface area contributed by atoms with E-state index in [1.165, 1.54) is 0 Å². The van der Waals surface area contributed by atoms with Crippen LogP contribution >= 0.6 is 0 Å². The Kier molecular flexibility index (Phi) is 4.20. The summed E-state index contributed by atoms with van der Waals surface area (Å²) in [7, 11) is 3.34. The van der Waals surface area contributed by atoms with Gasteiger partial charge < -0.3 is 14.1 Å². The molecule has 126 valence electrons. The van der Waals surface area contributed by atoms with Crippen molar-refractivity contribution < 1.29 is 13.9 Å². The Labute approximate surface area is 138 Å². The number of hydrogen-bond donors (Lipinski definition) is 1. The molecule has 0 aliphatic heterocycles. The zero-order chi connectivity index (χ0) is 17.3. The zero-order valence-electron chi connectivity index (χ0n) is 14.0. The van der Waals surface area contributed by atoms with Crippen molar-refractivity contribution in [2.75, 3.05) is 20.7 Å². The third-order valence-electron chi connectivity index (χ3n) is 3.98. The molecule has 3 aromatic rings. The van der Waals surface area contributed by atoms with E-state index in [2.05, 4.69) is 20.6 Å². The lowest BCUT2D eigenvalue weighted by molar-refractivity contribution is 0.0787. The number of carbonyl (C=O) groups is 1. The van der Waals surface area contributed by atoms with Crippen LogP contribution < -0.4 is 4.74 Å². The van der Waals surface area contributed by atoms with Crippen LogP contribution in [0.1, 0.15) is 34.8 Å². The van der Waals surface area contributed by atoms with E-state index in [4.69, 9.17) is 9.15 Å². The van der Waals surface area contributed by atoms with Gasteiger partial charge in [0.15, 0.2) is 5.82 Å². The van der Waals surface area contributed by atoms with Gasteiger partial charge in [-0.05, 0) is 25.1 Å². The van der Waals surface area contributed by atoms with Crippen molar-refractivity contribution in [1.29, 1.82) is 0 Å². The van der Waals surface area contributed by atoms with Crippen LogP contribution in [0.2, 0.25) is 0 Å². The number of fused-ring (bicyclic) bond motifs is 1. The van der Waals surface area contributed by atoms with Crippen LogP contribution in [0, 0.1) is 6.92 Å². The Morgan fingerprint density at radius 1 is 1.46 bits per heavy atom. The highest BCUT2D eigenvalue weighted by Crippen LogP contribution is 2.30. The molecule has 0 saturated heterocycles. The zero-order valence-corrected chi connectivity index (χ0v) is 14.0. The van der Waals surface area contributed by atoms with Crippen LogP contribution in [0.3, 0.4) is 0 Å². The first-order valence-electron chi connectivity index (χ1n) is 7.57. The number of methoxy groups -OCH3 is 1. The van der Waals surface area contributed by atoms with Gasteiger partial charge in [0, 0.05) is 24.9 Å². The summed E-state index contributed by atoms with van der Waals surface area (Å²) in [5.74, 6) is 1.69. The minimum Gasteiger partial charge on any atom is -0.497 e. The number of aromatic amines is 1. The van der Waals surface area contributed by atoms with Gasteiger partial charge in [-0.1, -0.05) is 12.1 Å². The first kappa shape index (κ1) is 16.0. The van der Waals surface area contributed by atoms with Crippen LogP contribution in [-0.2, 0) is 0 Å². The van der Waals surface area contributed by atoms with Crippen LogP contribution in [0.25, 0.3) is 11.0 Å². The molecular formula is C16H19N5O3. The Morgan fingerprint density at radius 3 is 2.92 bits per heavy atom. The first-order valence-corrected chi connectivity index (χ1v) is 7.57. The summed E-state index contributed by atoms with van der Waals surface area (Å²) >= 11 is 0. The van der Waals surface area contributed by atoms with E-state index in [0.717, 1.165) is 5.39 Å². The SMILES string of the molecule is COc1ccc2oc(C)c(C(=O)N(C)C[C@@H](C)c3nn[nH]n3)c2c1. The van der Waals surface area contributed by atoms with E-state index in [1.54, 1.807) is 32.0 Å². The number of ether oxygens (including phenoxy) is 1. The predicted octanol–water partition coefficient (Wildman–Crippen LogP) is 2.14. The molecule has 2 heterocycles. The highest BCUT2D eigenvalue weighted by atomic mass is 16.5. The summed E-state index contributed by atoms with van der Waals surface area (Å²) in [5.41, 5.74) is 1.21. The van der Waals surface area contributed by atoms with Crippen LogP contribution in [0.4, 0.5) is 0 Å². The number of furan rings is 1. The molecule has 0 radical (unpaired) electrons. The van der Waals surface area contributed by atoms with Crippen molar-refractivity contribution in [3.05, 3.63) is 35.3 Å². The van der Waals surface area contributed by atoms with E-state index in [-0.39, 0.29) is 11.8 Å². The molecule has 8 nitrogen and oxygen atoms in total. The Bertz CT molecular complexity index is 856. The van der Waals surface area contributed by atoms with Crippen molar-refractivity contribution in [3.8, 4) is 5.75 Å². The summed E-state index contributed by atoms with van der Waals surface area (Å²) in [6.45, 7) is 4.20. The minimum atomic E-state index is -0.116. The molecule has 24 heavy (non-hydrogen) atoms. The molecule has 0 aliphatic carbocycles. The summed E-state index contributed by atoms with van der Waals surface area (Å²) in [6, 6.07) is 5.43. The van der Waals surface area contributed by atoms with Gasteiger partial charge in [-0.15, -0.1) is 10.2 Å². The number of benzene rings is 1. The lowest BCUT2D eigenvalue weighted by Crippen LogP contribution is -2.31. The fourth-order valence-electron chi connectivity index (χ4n) is 2.74. The largest absolute Gasteiger partial charge is 0.497 e. The number of rotatable bonds is 5. The number of H-pyrrole nitrogens is 1. The molecule has 0 aliphatic rings. The van der Waals surface area contributed by atoms with E-state index in [9.17, 15) is 4.79 Å². The van der Waals surface area contributed by atoms with Crippen molar-refractivity contribution in [2.45, 2.75) is 19.8 Å². The molecule has 1 N–H and O–H groups in total. The molecule has 8 heteroatoms. The maximum Gasteiger partial charge on any atom is 0.257 e. The van der Waals surface area contributed by atoms with Gasteiger partial charge in [0.05, 0.1) is 12.7 Å². The fourth-order valence-corrected chi connectivity index (χ4v) is 2.74. The highest BCUT2D eigenvalue weighted by Gasteiger charge is 2.24. The summed E-state index contributed by atoms with van der Waals surface area (Å²) in [5, 5.41) is 14.6. The number of tetrazole rings is 1. The Balaban J connectivity index is 1.88. The number of aromatic nitrogens is 4. The second-order valence-corrected chi connectivity index (χ2v) is 5.75. The van der Waals surface area contributed by atoms with Gasteiger partial charge >= 0.3 is 0 Å². The van der Waals surface area contributed by atoms with E-state index in [1.807, 2.05) is 19.1 Å². The third kappa shape index (κ3) is 2.82. The smallest absolute Gasteiger partial charge is 0.257 e. The fraction of sp³-hybridized carbons (Fsp3) is 0.375. The topological polar surface area (TPSA) is 97.1 Å². The number of aryl methyl sites for hydroxylation is 1. The summed E-state index contributed by atoms with van der Waals surface area (Å²) in [4.78, 5) is 14.5. The van der Waals surface area contributed by atoms with Gasteiger partial charge in [-0.2, -0.15) is 5.21 Å². The van der Waals surface area contributed by atoms with Gasteiger partial charge in [0.25, 0.3) is 5.91 Å². The van der Waals surface area contributed by atoms with E-state index in [0.29, 0.717) is 35.0 Å². The van der Waals surface area contributed by atoms with Crippen molar-refractivity contribution >= 4 is 16.9 Å². The maximum atomic E-state index is 12.9. The molecule has 0 spiro atoms. The second kappa shape index (κ2) is 6.31. The monoisotopic (exact) mass is 329 g/mol. The highest BCUT2D eigenvalue weighted by molar-refractivity contribution is 6.07. The van der Waals surface area contributed by atoms with Gasteiger partial charge in [0.2, 0.25) is 0 Å². The number of nitrogens with one attached hydrogen (secondary N) is 1. The van der Waals surface area contributed by atoms with Crippen molar-refractivity contribution in [2.24, 2.45) is 0 Å².